The number of carbonyl (C=O) groups is 2. The highest BCUT2D eigenvalue weighted by Crippen LogP contribution is 2.26. The number of hydrogen-bond donors (Lipinski definition) is 3. The highest BCUT2D eigenvalue weighted by molar-refractivity contribution is 7.18. The summed E-state index contributed by atoms with van der Waals surface area (Å²) in [6, 6.07) is 8.64. The topological polar surface area (TPSA) is 78.4 Å². The number of aryl methyl sites for hydroxylation is 2. The summed E-state index contributed by atoms with van der Waals surface area (Å²) in [6.45, 7) is 3.66. The highest BCUT2D eigenvalue weighted by atomic mass is 32.1. The maximum atomic E-state index is 11.8. The molecule has 6 heteroatoms. The molecule has 0 saturated heterocycles. The van der Waals surface area contributed by atoms with E-state index in [4.69, 9.17) is 5.11 Å². The lowest BCUT2D eigenvalue weighted by molar-refractivity contribution is 0.0701. The molecule has 1 aromatic carbocycles. The standard InChI is InChI=1S/C14H14N2O3S/c1-8-3-5-10(6-4-8)15-14(19)16-11-7-9(2)12(20-11)13(17)18/h3-7H,1-2H3,(H,17,18)(H2,15,16,19). The second-order valence-electron chi connectivity index (χ2n) is 4.37. The van der Waals surface area contributed by atoms with Gasteiger partial charge in [-0.25, -0.2) is 9.59 Å². The van der Waals surface area contributed by atoms with E-state index in [-0.39, 0.29) is 4.88 Å². The lowest BCUT2D eigenvalue weighted by Crippen LogP contribution is -2.18. The molecule has 0 radical (unpaired) electrons. The van der Waals surface area contributed by atoms with Gasteiger partial charge in [-0.1, -0.05) is 17.7 Å². The van der Waals surface area contributed by atoms with Crippen molar-refractivity contribution in [2.24, 2.45) is 0 Å². The predicted octanol–water partition coefficient (Wildman–Crippen LogP) is 3.71. The molecule has 5 nitrogen and oxygen atoms in total. The van der Waals surface area contributed by atoms with Gasteiger partial charge in [-0.3, -0.25) is 5.32 Å². The SMILES string of the molecule is Cc1ccc(NC(=O)Nc2cc(C)c(C(=O)O)s2)cc1. The number of carbonyl (C=O) groups excluding carboxylic acids is 1. The molecule has 0 aliphatic carbocycles. The number of carboxylic acids is 1. The summed E-state index contributed by atoms with van der Waals surface area (Å²) >= 11 is 1.04. The molecule has 0 aliphatic rings. The van der Waals surface area contributed by atoms with Gasteiger partial charge in [-0.2, -0.15) is 0 Å². The fourth-order valence-electron chi connectivity index (χ4n) is 1.67. The van der Waals surface area contributed by atoms with Crippen LogP contribution in [0.25, 0.3) is 0 Å². The summed E-state index contributed by atoms with van der Waals surface area (Å²) in [5.74, 6) is -0.987. The molecular formula is C14H14N2O3S. The minimum atomic E-state index is -0.987. The van der Waals surface area contributed by atoms with E-state index in [9.17, 15) is 9.59 Å². The molecular weight excluding hydrogens is 276 g/mol. The summed E-state index contributed by atoms with van der Waals surface area (Å²) in [6.07, 6.45) is 0. The van der Waals surface area contributed by atoms with Gasteiger partial charge in [0, 0.05) is 5.69 Å². The maximum Gasteiger partial charge on any atom is 0.346 e. The molecule has 1 heterocycles. The fraction of sp³-hybridized carbons (Fsp3) is 0.143. The number of hydrogen-bond acceptors (Lipinski definition) is 3. The van der Waals surface area contributed by atoms with E-state index in [0.717, 1.165) is 16.9 Å². The first-order chi connectivity index (χ1) is 9.45. The Morgan fingerprint density at radius 3 is 2.30 bits per heavy atom. The number of amides is 2. The van der Waals surface area contributed by atoms with Crippen LogP contribution in [0, 0.1) is 13.8 Å². The number of urea groups is 1. The van der Waals surface area contributed by atoms with E-state index in [1.165, 1.54) is 0 Å². The van der Waals surface area contributed by atoms with Crippen LogP contribution in [-0.2, 0) is 0 Å². The largest absolute Gasteiger partial charge is 0.477 e. The first kappa shape index (κ1) is 14.1. The Balaban J connectivity index is 2.03. The molecule has 2 aromatic rings. The minimum Gasteiger partial charge on any atom is -0.477 e. The van der Waals surface area contributed by atoms with E-state index < -0.39 is 12.0 Å². The van der Waals surface area contributed by atoms with E-state index in [1.54, 1.807) is 25.1 Å². The van der Waals surface area contributed by atoms with Gasteiger partial charge in [0.2, 0.25) is 0 Å². The van der Waals surface area contributed by atoms with Gasteiger partial charge in [0.1, 0.15) is 4.88 Å². The molecule has 0 unspecified atom stereocenters. The molecule has 2 amide bonds. The number of thiophene rings is 1. The van der Waals surface area contributed by atoms with Crippen molar-refractivity contribution >= 4 is 34.0 Å². The van der Waals surface area contributed by atoms with Crippen LogP contribution >= 0.6 is 11.3 Å². The average Bonchev–Trinajstić information content (AvgIpc) is 2.73. The minimum absolute atomic E-state index is 0.232. The van der Waals surface area contributed by atoms with Crippen molar-refractivity contribution in [1.82, 2.24) is 0 Å². The van der Waals surface area contributed by atoms with Crippen molar-refractivity contribution in [3.63, 3.8) is 0 Å². The average molecular weight is 290 g/mol. The number of benzene rings is 1. The zero-order chi connectivity index (χ0) is 14.7. The number of rotatable bonds is 3. The molecule has 0 fully saturated rings. The first-order valence-corrected chi connectivity index (χ1v) is 6.76. The second-order valence-corrected chi connectivity index (χ2v) is 5.43. The number of nitrogens with one attached hydrogen (secondary N) is 2. The number of aromatic carboxylic acids is 1. The lowest BCUT2D eigenvalue weighted by Gasteiger charge is -2.05. The first-order valence-electron chi connectivity index (χ1n) is 5.94. The zero-order valence-corrected chi connectivity index (χ0v) is 11.9. The van der Waals surface area contributed by atoms with E-state index in [0.29, 0.717) is 16.3 Å². The molecule has 2 rings (SSSR count). The zero-order valence-electron chi connectivity index (χ0n) is 11.1. The lowest BCUT2D eigenvalue weighted by atomic mass is 10.2. The van der Waals surface area contributed by atoms with Gasteiger partial charge >= 0.3 is 12.0 Å². The molecule has 104 valence electrons. The summed E-state index contributed by atoms with van der Waals surface area (Å²) in [7, 11) is 0. The quantitative estimate of drug-likeness (QED) is 0.806. The molecule has 3 N–H and O–H groups in total. The van der Waals surface area contributed by atoms with Crippen LogP contribution in [0.3, 0.4) is 0 Å². The van der Waals surface area contributed by atoms with E-state index >= 15 is 0 Å². The Morgan fingerprint density at radius 2 is 1.75 bits per heavy atom. The second kappa shape index (κ2) is 5.75. The normalized spacial score (nSPS) is 10.1. The van der Waals surface area contributed by atoms with Crippen LogP contribution in [0.15, 0.2) is 30.3 Å². The molecule has 0 saturated carbocycles. The third-order valence-corrected chi connectivity index (χ3v) is 3.80. The van der Waals surface area contributed by atoms with Crippen LogP contribution in [-0.4, -0.2) is 17.1 Å². The van der Waals surface area contributed by atoms with Crippen LogP contribution in [0.4, 0.5) is 15.5 Å². The Morgan fingerprint density at radius 1 is 1.10 bits per heavy atom. The van der Waals surface area contributed by atoms with Gasteiger partial charge in [0.25, 0.3) is 0 Å². The number of carboxylic acid groups (broad SMARTS) is 1. The third kappa shape index (κ3) is 3.36. The molecule has 0 atom stereocenters. The Bertz CT molecular complexity index is 647. The van der Waals surface area contributed by atoms with Crippen molar-refractivity contribution in [3.05, 3.63) is 46.3 Å². The Labute approximate surface area is 120 Å². The fourth-order valence-corrected chi connectivity index (χ4v) is 2.57. The Kier molecular flexibility index (Phi) is 4.05. The molecule has 0 bridgehead atoms. The van der Waals surface area contributed by atoms with Crippen LogP contribution < -0.4 is 10.6 Å². The van der Waals surface area contributed by atoms with E-state index in [1.807, 2.05) is 19.1 Å². The van der Waals surface area contributed by atoms with Crippen LogP contribution in [0.5, 0.6) is 0 Å². The smallest absolute Gasteiger partial charge is 0.346 e. The molecule has 0 aliphatic heterocycles. The van der Waals surface area contributed by atoms with Gasteiger partial charge < -0.3 is 10.4 Å². The van der Waals surface area contributed by atoms with Gasteiger partial charge in [0.05, 0.1) is 5.00 Å². The van der Waals surface area contributed by atoms with E-state index in [2.05, 4.69) is 10.6 Å². The van der Waals surface area contributed by atoms with Gasteiger partial charge in [-0.05, 0) is 37.6 Å². The van der Waals surface area contributed by atoms with Crippen molar-refractivity contribution < 1.29 is 14.7 Å². The molecule has 20 heavy (non-hydrogen) atoms. The summed E-state index contributed by atoms with van der Waals surface area (Å²) < 4.78 is 0. The maximum absolute atomic E-state index is 11.8. The Hall–Kier alpha value is -2.34. The third-order valence-electron chi connectivity index (χ3n) is 2.66. The highest BCUT2D eigenvalue weighted by Gasteiger charge is 2.13. The summed E-state index contributed by atoms with van der Waals surface area (Å²) in [5, 5.41) is 14.8. The van der Waals surface area contributed by atoms with Gasteiger partial charge in [-0.15, -0.1) is 11.3 Å². The van der Waals surface area contributed by atoms with Crippen LogP contribution in [0.1, 0.15) is 20.8 Å². The van der Waals surface area contributed by atoms with Crippen molar-refractivity contribution in [3.8, 4) is 0 Å². The number of anilines is 2. The molecule has 1 aromatic heterocycles. The predicted molar refractivity (Wildman–Crippen MR) is 79.8 cm³/mol. The van der Waals surface area contributed by atoms with Crippen molar-refractivity contribution in [2.75, 3.05) is 10.6 Å². The van der Waals surface area contributed by atoms with Gasteiger partial charge in [0.15, 0.2) is 0 Å². The van der Waals surface area contributed by atoms with Crippen LogP contribution in [0.2, 0.25) is 0 Å². The summed E-state index contributed by atoms with van der Waals surface area (Å²) in [5.41, 5.74) is 2.42. The summed E-state index contributed by atoms with van der Waals surface area (Å²) in [4.78, 5) is 23.0. The van der Waals surface area contributed by atoms with Crippen molar-refractivity contribution in [2.45, 2.75) is 13.8 Å². The van der Waals surface area contributed by atoms with Crippen molar-refractivity contribution in [1.29, 1.82) is 0 Å². The molecule has 0 spiro atoms. The monoisotopic (exact) mass is 290 g/mol.